The maximum Gasteiger partial charge on any atom is 0.408 e. The molecule has 2 aliphatic carbocycles. The molecule has 1 unspecified atom stereocenters. The van der Waals surface area contributed by atoms with E-state index in [0.717, 1.165) is 10.8 Å². The molecule has 14 heteroatoms. The Morgan fingerprint density at radius 2 is 1.77 bits per heavy atom. The minimum atomic E-state index is -3.87. The van der Waals surface area contributed by atoms with Crippen molar-refractivity contribution in [3.63, 3.8) is 0 Å². The van der Waals surface area contributed by atoms with Crippen LogP contribution in [0.3, 0.4) is 0 Å². The van der Waals surface area contributed by atoms with E-state index in [1.54, 1.807) is 47.7 Å². The van der Waals surface area contributed by atoms with Crippen molar-refractivity contribution in [2.75, 3.05) is 11.9 Å². The van der Waals surface area contributed by atoms with Crippen LogP contribution in [-0.4, -0.2) is 83.2 Å². The van der Waals surface area contributed by atoms with E-state index in [-0.39, 0.29) is 19.4 Å². The molecule has 0 spiro atoms. The van der Waals surface area contributed by atoms with E-state index >= 15 is 0 Å². The third-order valence-electron chi connectivity index (χ3n) is 8.92. The van der Waals surface area contributed by atoms with Gasteiger partial charge in [0.25, 0.3) is 5.91 Å². The van der Waals surface area contributed by atoms with Gasteiger partial charge in [0.1, 0.15) is 29.0 Å². The molecule has 48 heavy (non-hydrogen) atoms. The number of rotatable bonds is 10. The molecular formula is C34H46N6O7S. The van der Waals surface area contributed by atoms with Crippen LogP contribution in [0.15, 0.2) is 49.2 Å². The summed E-state index contributed by atoms with van der Waals surface area (Å²) >= 11 is 0. The molecule has 1 aromatic carbocycles. The molecule has 260 valence electrons. The second kappa shape index (κ2) is 12.7. The standard InChI is InChI=1S/C34H46N6O7S/c1-8-21-18-34(21,30(43)39-48(45,46)23-13-14-23)38-28(41)25-17-22(36-27-24-12-10-9-11-20(24)15-16-35-27)19-40(25)29(42)26(32(2,3)4)37-31(44)47-33(5,6)7/h8-12,15-16,21-23,25-26H,1,13-14,17-19H2,2-7H3,(H,35,36)(H,37,44)(H,38,41)(H,39,43)/t21?,22-,25+,26-,34-/m1/s1. The number of fused-ring (bicyclic) bond motifs is 1. The molecule has 2 heterocycles. The Hall–Kier alpha value is -4.20. The number of sulfonamides is 1. The zero-order valence-corrected chi connectivity index (χ0v) is 29.1. The van der Waals surface area contributed by atoms with Gasteiger partial charge >= 0.3 is 6.09 Å². The van der Waals surface area contributed by atoms with Crippen molar-refractivity contribution in [2.24, 2.45) is 11.3 Å². The average molecular weight is 683 g/mol. The van der Waals surface area contributed by atoms with Gasteiger partial charge in [0.05, 0.1) is 5.25 Å². The topological polar surface area (TPSA) is 176 Å². The predicted molar refractivity (Wildman–Crippen MR) is 181 cm³/mol. The van der Waals surface area contributed by atoms with Crippen molar-refractivity contribution < 1.29 is 32.3 Å². The number of benzene rings is 1. The number of hydrogen-bond acceptors (Lipinski definition) is 9. The van der Waals surface area contributed by atoms with E-state index in [1.807, 2.05) is 30.3 Å². The first-order valence-corrected chi connectivity index (χ1v) is 17.8. The Bertz CT molecular complexity index is 1720. The fourth-order valence-electron chi connectivity index (χ4n) is 6.12. The molecule has 1 aromatic heterocycles. The highest BCUT2D eigenvalue weighted by atomic mass is 32.2. The average Bonchev–Trinajstić information content (AvgIpc) is 3.91. The summed E-state index contributed by atoms with van der Waals surface area (Å²) in [4.78, 5) is 60.7. The molecular weight excluding hydrogens is 636 g/mol. The summed E-state index contributed by atoms with van der Waals surface area (Å²) in [5, 5.41) is 10.1. The maximum absolute atomic E-state index is 14.4. The van der Waals surface area contributed by atoms with E-state index in [4.69, 9.17) is 4.74 Å². The second-order valence-electron chi connectivity index (χ2n) is 15.1. The van der Waals surface area contributed by atoms with Gasteiger partial charge in [-0.2, -0.15) is 0 Å². The van der Waals surface area contributed by atoms with Gasteiger partial charge in [-0.3, -0.25) is 19.1 Å². The molecule has 3 fully saturated rings. The number of aromatic nitrogens is 1. The maximum atomic E-state index is 14.4. The third-order valence-corrected chi connectivity index (χ3v) is 10.7. The first-order chi connectivity index (χ1) is 22.3. The summed E-state index contributed by atoms with van der Waals surface area (Å²) in [7, 11) is -3.87. The monoisotopic (exact) mass is 682 g/mol. The van der Waals surface area contributed by atoms with Gasteiger partial charge in [0.15, 0.2) is 0 Å². The Kier molecular flexibility index (Phi) is 9.28. The van der Waals surface area contributed by atoms with E-state index in [9.17, 15) is 27.6 Å². The summed E-state index contributed by atoms with van der Waals surface area (Å²) in [5.74, 6) is -1.86. The normalized spacial score (nSPS) is 24.7. The smallest absolute Gasteiger partial charge is 0.408 e. The van der Waals surface area contributed by atoms with Gasteiger partial charge in [-0.25, -0.2) is 18.2 Å². The van der Waals surface area contributed by atoms with Gasteiger partial charge in [-0.1, -0.05) is 51.1 Å². The van der Waals surface area contributed by atoms with E-state index in [1.165, 1.54) is 11.0 Å². The number of nitrogens with one attached hydrogen (secondary N) is 4. The van der Waals surface area contributed by atoms with Crippen LogP contribution in [0.4, 0.5) is 10.6 Å². The first-order valence-electron chi connectivity index (χ1n) is 16.3. The number of likely N-dealkylation sites (tertiary alicyclic amines) is 1. The Balaban J connectivity index is 1.43. The van der Waals surface area contributed by atoms with E-state index in [0.29, 0.717) is 18.7 Å². The van der Waals surface area contributed by atoms with Crippen LogP contribution in [-0.2, 0) is 29.1 Å². The summed E-state index contributed by atoms with van der Waals surface area (Å²) in [6, 6.07) is 7.02. The summed E-state index contributed by atoms with van der Waals surface area (Å²) in [6.45, 7) is 14.4. The van der Waals surface area contributed by atoms with Crippen LogP contribution in [0, 0.1) is 11.3 Å². The number of carbonyl (C=O) groups is 4. The lowest BCUT2D eigenvalue weighted by molar-refractivity contribution is -0.142. The molecule has 5 atom stereocenters. The molecule has 13 nitrogen and oxygen atoms in total. The molecule has 1 aliphatic heterocycles. The minimum Gasteiger partial charge on any atom is -0.444 e. The van der Waals surface area contributed by atoms with Gasteiger partial charge in [-0.15, -0.1) is 6.58 Å². The Morgan fingerprint density at radius 1 is 1.08 bits per heavy atom. The number of hydrogen-bond donors (Lipinski definition) is 4. The van der Waals surface area contributed by atoms with Crippen LogP contribution in [0.5, 0.6) is 0 Å². The Morgan fingerprint density at radius 3 is 2.38 bits per heavy atom. The lowest BCUT2D eigenvalue weighted by Gasteiger charge is -2.36. The van der Waals surface area contributed by atoms with Gasteiger partial charge in [0.2, 0.25) is 21.8 Å². The molecule has 3 aliphatic rings. The molecule has 0 radical (unpaired) electrons. The van der Waals surface area contributed by atoms with Gasteiger partial charge < -0.3 is 25.6 Å². The molecule has 4 amide bonds. The van der Waals surface area contributed by atoms with Crippen LogP contribution < -0.4 is 20.7 Å². The van der Waals surface area contributed by atoms with E-state index < -0.39 is 79.7 Å². The van der Waals surface area contributed by atoms with Crippen molar-refractivity contribution in [1.82, 2.24) is 25.2 Å². The molecule has 0 bridgehead atoms. The minimum absolute atomic E-state index is 0.0878. The zero-order chi connectivity index (χ0) is 35.2. The summed E-state index contributed by atoms with van der Waals surface area (Å²) < 4.78 is 32.9. The number of nitrogens with zero attached hydrogens (tertiary/aromatic N) is 2. The highest BCUT2D eigenvalue weighted by Gasteiger charge is 2.62. The fraction of sp³-hybridized carbons (Fsp3) is 0.559. The molecule has 5 rings (SSSR count). The summed E-state index contributed by atoms with van der Waals surface area (Å²) in [5.41, 5.74) is -3.10. The SMILES string of the molecule is C=CC1C[C@]1(NC(=O)[C@@H]1C[C@@H](Nc2nccc3ccccc23)CN1C(=O)[C@@H](NC(=O)OC(C)(C)C)C(C)(C)C)C(=O)NS(=O)(=O)C1CC1. The number of alkyl carbamates (subject to hydrolysis) is 1. The molecule has 4 N–H and O–H groups in total. The highest BCUT2D eigenvalue weighted by Crippen LogP contribution is 2.45. The van der Waals surface area contributed by atoms with Crippen LogP contribution in [0.1, 0.15) is 67.2 Å². The van der Waals surface area contributed by atoms with Crippen molar-refractivity contribution in [2.45, 2.75) is 102 Å². The van der Waals surface area contributed by atoms with Crippen molar-refractivity contribution in [3.05, 3.63) is 49.2 Å². The number of pyridine rings is 1. The highest BCUT2D eigenvalue weighted by molar-refractivity contribution is 7.91. The van der Waals surface area contributed by atoms with Crippen LogP contribution in [0.2, 0.25) is 0 Å². The summed E-state index contributed by atoms with van der Waals surface area (Å²) in [6.07, 6.45) is 3.68. The van der Waals surface area contributed by atoms with Gasteiger partial charge in [0, 0.05) is 30.1 Å². The lowest BCUT2D eigenvalue weighted by atomic mass is 9.85. The largest absolute Gasteiger partial charge is 0.444 e. The fourth-order valence-corrected chi connectivity index (χ4v) is 7.48. The number of amides is 4. The quantitative estimate of drug-likeness (QED) is 0.274. The van der Waals surface area contributed by atoms with Crippen molar-refractivity contribution in [3.8, 4) is 0 Å². The van der Waals surface area contributed by atoms with Crippen molar-refractivity contribution >= 4 is 50.4 Å². The molecule has 2 aromatic rings. The number of anilines is 1. The third kappa shape index (κ3) is 7.58. The second-order valence-corrected chi connectivity index (χ2v) is 17.1. The van der Waals surface area contributed by atoms with E-state index in [2.05, 4.69) is 32.2 Å². The number of ether oxygens (including phenoxy) is 1. The number of carbonyl (C=O) groups excluding carboxylic acids is 4. The van der Waals surface area contributed by atoms with Crippen molar-refractivity contribution in [1.29, 1.82) is 0 Å². The predicted octanol–water partition coefficient (Wildman–Crippen LogP) is 3.22. The van der Waals surface area contributed by atoms with Crippen LogP contribution in [0.25, 0.3) is 10.8 Å². The lowest BCUT2D eigenvalue weighted by Crippen LogP contribution is -2.60. The van der Waals surface area contributed by atoms with Gasteiger partial charge in [-0.05, 0) is 63.3 Å². The molecule has 1 saturated heterocycles. The Labute approximate surface area is 281 Å². The van der Waals surface area contributed by atoms with Crippen LogP contribution >= 0.6 is 0 Å². The molecule has 2 saturated carbocycles. The zero-order valence-electron chi connectivity index (χ0n) is 28.3. The first kappa shape index (κ1) is 35.1.